The second-order valence-corrected chi connectivity index (χ2v) is 3.54. The van der Waals surface area contributed by atoms with Crippen LogP contribution in [0.4, 0.5) is 0 Å². The molecule has 0 bridgehead atoms. The molecule has 0 unspecified atom stereocenters. The highest BCUT2D eigenvalue weighted by atomic mass is 16.3. The van der Waals surface area contributed by atoms with E-state index in [4.69, 9.17) is 0 Å². The van der Waals surface area contributed by atoms with Gasteiger partial charge in [-0.1, -0.05) is 0 Å². The lowest BCUT2D eigenvalue weighted by Crippen LogP contribution is -1.97. The molecule has 15 heavy (non-hydrogen) atoms. The Bertz CT molecular complexity index is 474. The van der Waals surface area contributed by atoms with Crippen molar-refractivity contribution in [3.05, 3.63) is 36.2 Å². The topological polar surface area (TPSA) is 38.0 Å². The van der Waals surface area contributed by atoms with Crippen molar-refractivity contribution in [2.24, 2.45) is 0 Å². The molecule has 3 nitrogen and oxygen atoms in total. The minimum Gasteiger partial charge on any atom is -0.508 e. The van der Waals surface area contributed by atoms with Crippen LogP contribution in [0.5, 0.6) is 5.75 Å². The number of aryl methyl sites for hydroxylation is 2. The molecule has 1 heterocycles. The van der Waals surface area contributed by atoms with Crippen LogP contribution in [0, 0.1) is 6.92 Å². The van der Waals surface area contributed by atoms with Crippen molar-refractivity contribution in [3.8, 4) is 17.1 Å². The molecule has 0 aliphatic heterocycles. The molecular formula is C12H14N2O. The molecule has 3 heteroatoms. The molecule has 0 radical (unpaired) electrons. The average Bonchev–Trinajstić information content (AvgIpc) is 2.65. The van der Waals surface area contributed by atoms with Crippen LogP contribution >= 0.6 is 0 Å². The Morgan fingerprint density at radius 2 is 2.20 bits per heavy atom. The highest BCUT2D eigenvalue weighted by Crippen LogP contribution is 2.24. The summed E-state index contributed by atoms with van der Waals surface area (Å²) in [4.78, 5) is 4.33. The second kappa shape index (κ2) is 3.77. The summed E-state index contributed by atoms with van der Waals surface area (Å²) in [5, 5.41) is 9.33. The Labute approximate surface area is 89.0 Å². The SMILES string of the molecule is CCn1ccnc1-c1ccc(O)cc1C. The van der Waals surface area contributed by atoms with E-state index in [1.807, 2.05) is 19.2 Å². The van der Waals surface area contributed by atoms with Gasteiger partial charge in [-0.05, 0) is 37.6 Å². The summed E-state index contributed by atoms with van der Waals surface area (Å²) in [5.41, 5.74) is 2.11. The van der Waals surface area contributed by atoms with Gasteiger partial charge in [0.1, 0.15) is 11.6 Å². The first-order valence-electron chi connectivity index (χ1n) is 5.03. The van der Waals surface area contributed by atoms with E-state index in [0.717, 1.165) is 23.5 Å². The number of rotatable bonds is 2. The number of hydrogen-bond acceptors (Lipinski definition) is 2. The molecule has 0 saturated carbocycles. The van der Waals surface area contributed by atoms with E-state index in [1.165, 1.54) is 0 Å². The third kappa shape index (κ3) is 1.73. The van der Waals surface area contributed by atoms with Gasteiger partial charge in [-0.3, -0.25) is 0 Å². The van der Waals surface area contributed by atoms with Crippen molar-refractivity contribution < 1.29 is 5.11 Å². The Balaban J connectivity index is 2.54. The van der Waals surface area contributed by atoms with E-state index in [1.54, 1.807) is 18.3 Å². The minimum atomic E-state index is 0.297. The van der Waals surface area contributed by atoms with Gasteiger partial charge >= 0.3 is 0 Å². The molecule has 0 fully saturated rings. The maximum absolute atomic E-state index is 9.33. The van der Waals surface area contributed by atoms with Crippen LogP contribution in [0.2, 0.25) is 0 Å². The Morgan fingerprint density at radius 3 is 2.87 bits per heavy atom. The number of hydrogen-bond donors (Lipinski definition) is 1. The van der Waals surface area contributed by atoms with Crippen molar-refractivity contribution in [1.82, 2.24) is 9.55 Å². The lowest BCUT2D eigenvalue weighted by atomic mass is 10.1. The highest BCUT2D eigenvalue weighted by Gasteiger charge is 2.07. The fourth-order valence-corrected chi connectivity index (χ4v) is 1.71. The molecule has 0 spiro atoms. The molecule has 1 N–H and O–H groups in total. The molecule has 0 amide bonds. The van der Waals surface area contributed by atoms with Crippen LogP contribution < -0.4 is 0 Å². The molecule has 1 aromatic heterocycles. The summed E-state index contributed by atoms with van der Waals surface area (Å²) in [5.74, 6) is 1.25. The zero-order chi connectivity index (χ0) is 10.8. The summed E-state index contributed by atoms with van der Waals surface area (Å²) in [6.45, 7) is 4.96. The number of phenolic OH excluding ortho intramolecular Hbond substituents is 1. The zero-order valence-corrected chi connectivity index (χ0v) is 8.94. The molecule has 2 rings (SSSR count). The fraction of sp³-hybridized carbons (Fsp3) is 0.250. The van der Waals surface area contributed by atoms with Crippen LogP contribution in [-0.2, 0) is 6.54 Å². The van der Waals surface area contributed by atoms with Gasteiger partial charge in [-0.15, -0.1) is 0 Å². The predicted molar refractivity (Wildman–Crippen MR) is 59.7 cm³/mol. The molecule has 0 aliphatic rings. The first-order chi connectivity index (χ1) is 7.22. The van der Waals surface area contributed by atoms with Gasteiger partial charge in [0, 0.05) is 24.5 Å². The van der Waals surface area contributed by atoms with Crippen LogP contribution in [0.3, 0.4) is 0 Å². The predicted octanol–water partition coefficient (Wildman–Crippen LogP) is 2.58. The summed E-state index contributed by atoms with van der Waals surface area (Å²) in [6.07, 6.45) is 3.76. The van der Waals surface area contributed by atoms with Crippen LogP contribution in [0.15, 0.2) is 30.6 Å². The first kappa shape index (κ1) is 9.77. The number of benzene rings is 1. The quantitative estimate of drug-likeness (QED) is 0.812. The number of phenols is 1. The van der Waals surface area contributed by atoms with Gasteiger partial charge in [0.15, 0.2) is 0 Å². The zero-order valence-electron chi connectivity index (χ0n) is 8.94. The smallest absolute Gasteiger partial charge is 0.140 e. The van der Waals surface area contributed by atoms with Gasteiger partial charge in [0.2, 0.25) is 0 Å². The Morgan fingerprint density at radius 1 is 1.40 bits per heavy atom. The maximum atomic E-state index is 9.33. The highest BCUT2D eigenvalue weighted by molar-refractivity contribution is 5.61. The van der Waals surface area contributed by atoms with Crippen molar-refractivity contribution in [1.29, 1.82) is 0 Å². The van der Waals surface area contributed by atoms with Gasteiger partial charge in [-0.2, -0.15) is 0 Å². The van der Waals surface area contributed by atoms with E-state index in [0.29, 0.717) is 5.75 Å². The summed E-state index contributed by atoms with van der Waals surface area (Å²) >= 11 is 0. The lowest BCUT2D eigenvalue weighted by molar-refractivity contribution is 0.475. The standard InChI is InChI=1S/C12H14N2O/c1-3-14-7-6-13-12(14)11-5-4-10(15)8-9(11)2/h4-8,15H,3H2,1-2H3. The van der Waals surface area contributed by atoms with Gasteiger partial charge in [0.25, 0.3) is 0 Å². The van der Waals surface area contributed by atoms with E-state index in [9.17, 15) is 5.11 Å². The average molecular weight is 202 g/mol. The maximum Gasteiger partial charge on any atom is 0.140 e. The summed E-state index contributed by atoms with van der Waals surface area (Å²) in [7, 11) is 0. The molecule has 0 aliphatic carbocycles. The Hall–Kier alpha value is -1.77. The Kier molecular flexibility index (Phi) is 2.46. The van der Waals surface area contributed by atoms with Crippen LogP contribution in [0.1, 0.15) is 12.5 Å². The third-order valence-electron chi connectivity index (χ3n) is 2.51. The lowest BCUT2D eigenvalue weighted by Gasteiger charge is -2.07. The van der Waals surface area contributed by atoms with Gasteiger partial charge in [0.05, 0.1) is 0 Å². The first-order valence-corrected chi connectivity index (χ1v) is 5.03. The van der Waals surface area contributed by atoms with E-state index >= 15 is 0 Å². The number of imidazole rings is 1. The van der Waals surface area contributed by atoms with Gasteiger partial charge in [-0.25, -0.2) is 4.98 Å². The van der Waals surface area contributed by atoms with Crippen molar-refractivity contribution in [3.63, 3.8) is 0 Å². The molecule has 78 valence electrons. The van der Waals surface area contributed by atoms with Crippen LogP contribution in [-0.4, -0.2) is 14.7 Å². The molecule has 0 saturated heterocycles. The number of aromatic hydroxyl groups is 1. The second-order valence-electron chi connectivity index (χ2n) is 3.54. The van der Waals surface area contributed by atoms with Gasteiger partial charge < -0.3 is 9.67 Å². The van der Waals surface area contributed by atoms with Crippen molar-refractivity contribution in [2.45, 2.75) is 20.4 Å². The molecule has 2 aromatic rings. The largest absolute Gasteiger partial charge is 0.508 e. The van der Waals surface area contributed by atoms with E-state index < -0.39 is 0 Å². The monoisotopic (exact) mass is 202 g/mol. The molecule has 0 atom stereocenters. The van der Waals surface area contributed by atoms with Crippen molar-refractivity contribution >= 4 is 0 Å². The summed E-state index contributed by atoms with van der Waals surface area (Å²) in [6, 6.07) is 5.35. The summed E-state index contributed by atoms with van der Waals surface area (Å²) < 4.78 is 2.08. The van der Waals surface area contributed by atoms with Crippen LogP contribution in [0.25, 0.3) is 11.4 Å². The fourth-order valence-electron chi connectivity index (χ4n) is 1.71. The third-order valence-corrected chi connectivity index (χ3v) is 2.51. The van der Waals surface area contributed by atoms with E-state index in [-0.39, 0.29) is 0 Å². The van der Waals surface area contributed by atoms with E-state index in [2.05, 4.69) is 16.5 Å². The number of nitrogens with zero attached hydrogens (tertiary/aromatic N) is 2. The molecular weight excluding hydrogens is 188 g/mol. The molecule has 1 aromatic carbocycles. The number of aromatic nitrogens is 2. The minimum absolute atomic E-state index is 0.297. The van der Waals surface area contributed by atoms with Crippen molar-refractivity contribution in [2.75, 3.05) is 0 Å². The normalized spacial score (nSPS) is 10.5.